The van der Waals surface area contributed by atoms with Crippen molar-refractivity contribution in [2.75, 3.05) is 13.2 Å². The number of halogens is 1. The van der Waals surface area contributed by atoms with Crippen LogP contribution in [-0.4, -0.2) is 24.2 Å². The van der Waals surface area contributed by atoms with Crippen molar-refractivity contribution >= 4 is 17.5 Å². The quantitative estimate of drug-likeness (QED) is 0.820. The molecule has 0 spiro atoms. The topological polar surface area (TPSA) is 49.3 Å². The Labute approximate surface area is 125 Å². The van der Waals surface area contributed by atoms with E-state index in [4.69, 9.17) is 16.7 Å². The van der Waals surface area contributed by atoms with Crippen molar-refractivity contribution in [3.63, 3.8) is 0 Å². The molecule has 0 atom stereocenters. The van der Waals surface area contributed by atoms with E-state index in [1.807, 2.05) is 24.3 Å². The molecular formula is C16H22ClNO2. The van der Waals surface area contributed by atoms with Crippen LogP contribution in [0.2, 0.25) is 5.02 Å². The predicted molar refractivity (Wildman–Crippen MR) is 80.9 cm³/mol. The number of nitrogens with one attached hydrogen (secondary N) is 1. The monoisotopic (exact) mass is 295 g/mol. The lowest BCUT2D eigenvalue weighted by atomic mass is 9.68. The van der Waals surface area contributed by atoms with Gasteiger partial charge >= 0.3 is 0 Å². The van der Waals surface area contributed by atoms with Gasteiger partial charge in [-0.3, -0.25) is 4.79 Å². The van der Waals surface area contributed by atoms with Crippen molar-refractivity contribution in [1.29, 1.82) is 0 Å². The van der Waals surface area contributed by atoms with E-state index in [0.29, 0.717) is 18.0 Å². The third-order valence-electron chi connectivity index (χ3n) is 4.16. The van der Waals surface area contributed by atoms with Crippen LogP contribution < -0.4 is 5.32 Å². The SMILES string of the molecule is O=C(NCCCO)C1(c2ccc(Cl)cc2)CCCCC1. The fourth-order valence-electron chi connectivity index (χ4n) is 3.02. The van der Waals surface area contributed by atoms with Crippen molar-refractivity contribution in [1.82, 2.24) is 5.32 Å². The average molecular weight is 296 g/mol. The summed E-state index contributed by atoms with van der Waals surface area (Å²) < 4.78 is 0. The minimum atomic E-state index is -0.418. The molecule has 1 aliphatic carbocycles. The smallest absolute Gasteiger partial charge is 0.230 e. The zero-order valence-electron chi connectivity index (χ0n) is 11.7. The normalized spacial score (nSPS) is 17.7. The highest BCUT2D eigenvalue weighted by Crippen LogP contribution is 2.40. The van der Waals surface area contributed by atoms with E-state index in [9.17, 15) is 4.79 Å². The molecule has 1 fully saturated rings. The standard InChI is InChI=1S/C16H22ClNO2/c17-14-7-5-13(6-8-14)16(9-2-1-3-10-16)15(20)18-11-4-12-19/h5-8,19H,1-4,9-12H2,(H,18,20). The van der Waals surface area contributed by atoms with Gasteiger partial charge in [0.15, 0.2) is 0 Å². The van der Waals surface area contributed by atoms with E-state index in [1.165, 1.54) is 6.42 Å². The van der Waals surface area contributed by atoms with Gasteiger partial charge in [0.05, 0.1) is 5.41 Å². The fourth-order valence-corrected chi connectivity index (χ4v) is 3.15. The van der Waals surface area contributed by atoms with Gasteiger partial charge in [0, 0.05) is 18.2 Å². The van der Waals surface area contributed by atoms with Crippen molar-refractivity contribution in [3.8, 4) is 0 Å². The number of amides is 1. The Morgan fingerprint density at radius 1 is 1.20 bits per heavy atom. The predicted octanol–water partition coefficient (Wildman–Crippen LogP) is 3.04. The Hall–Kier alpha value is -1.06. The minimum Gasteiger partial charge on any atom is -0.396 e. The van der Waals surface area contributed by atoms with Gasteiger partial charge in [0.1, 0.15) is 0 Å². The van der Waals surface area contributed by atoms with E-state index < -0.39 is 5.41 Å². The molecule has 2 rings (SSSR count). The van der Waals surface area contributed by atoms with E-state index >= 15 is 0 Å². The molecule has 110 valence electrons. The van der Waals surface area contributed by atoms with Crippen LogP contribution in [0.4, 0.5) is 0 Å². The van der Waals surface area contributed by atoms with Gasteiger partial charge in [0.25, 0.3) is 0 Å². The maximum absolute atomic E-state index is 12.7. The number of aliphatic hydroxyl groups excluding tert-OH is 1. The number of rotatable bonds is 5. The van der Waals surface area contributed by atoms with Gasteiger partial charge in [-0.15, -0.1) is 0 Å². The highest BCUT2D eigenvalue weighted by molar-refractivity contribution is 6.30. The van der Waals surface area contributed by atoms with Crippen LogP contribution >= 0.6 is 11.6 Å². The van der Waals surface area contributed by atoms with E-state index in [2.05, 4.69) is 5.32 Å². The zero-order chi connectivity index (χ0) is 14.4. The van der Waals surface area contributed by atoms with Crippen LogP contribution in [-0.2, 0) is 10.2 Å². The summed E-state index contributed by atoms with van der Waals surface area (Å²) >= 11 is 5.95. The Bertz CT molecular complexity index is 438. The summed E-state index contributed by atoms with van der Waals surface area (Å²) in [5.41, 5.74) is 0.640. The van der Waals surface area contributed by atoms with Gasteiger partial charge in [-0.1, -0.05) is 43.0 Å². The van der Waals surface area contributed by atoms with E-state index in [0.717, 1.165) is 31.2 Å². The number of hydrogen-bond donors (Lipinski definition) is 2. The second-order valence-electron chi connectivity index (χ2n) is 5.48. The summed E-state index contributed by atoms with van der Waals surface area (Å²) in [6.45, 7) is 0.638. The maximum Gasteiger partial charge on any atom is 0.230 e. The number of benzene rings is 1. The molecule has 0 heterocycles. The summed E-state index contributed by atoms with van der Waals surface area (Å²) in [5.74, 6) is 0.0907. The molecule has 20 heavy (non-hydrogen) atoms. The second kappa shape index (κ2) is 7.09. The molecule has 3 nitrogen and oxygen atoms in total. The summed E-state index contributed by atoms with van der Waals surface area (Å²) in [6, 6.07) is 7.65. The lowest BCUT2D eigenvalue weighted by Crippen LogP contribution is -2.46. The van der Waals surface area contributed by atoms with Gasteiger partial charge in [-0.25, -0.2) is 0 Å². The number of aliphatic hydroxyl groups is 1. The summed E-state index contributed by atoms with van der Waals surface area (Å²) in [6.07, 6.45) is 5.73. The fraction of sp³-hybridized carbons (Fsp3) is 0.562. The summed E-state index contributed by atoms with van der Waals surface area (Å²) in [4.78, 5) is 12.7. The second-order valence-corrected chi connectivity index (χ2v) is 5.92. The Balaban J connectivity index is 2.20. The highest BCUT2D eigenvalue weighted by atomic mass is 35.5. The van der Waals surface area contributed by atoms with Crippen LogP contribution in [0.5, 0.6) is 0 Å². The van der Waals surface area contributed by atoms with Crippen molar-refractivity contribution in [3.05, 3.63) is 34.9 Å². The lowest BCUT2D eigenvalue weighted by Gasteiger charge is -2.36. The molecule has 1 aromatic rings. The van der Waals surface area contributed by atoms with E-state index in [-0.39, 0.29) is 12.5 Å². The molecule has 0 radical (unpaired) electrons. The van der Waals surface area contributed by atoms with Crippen LogP contribution in [0.1, 0.15) is 44.1 Å². The first-order valence-corrected chi connectivity index (χ1v) is 7.72. The first kappa shape index (κ1) is 15.3. The van der Waals surface area contributed by atoms with Crippen molar-refractivity contribution in [2.24, 2.45) is 0 Å². The molecule has 4 heteroatoms. The van der Waals surface area contributed by atoms with Crippen LogP contribution in [0, 0.1) is 0 Å². The van der Waals surface area contributed by atoms with Gasteiger partial charge in [-0.05, 0) is 37.0 Å². The van der Waals surface area contributed by atoms with Gasteiger partial charge < -0.3 is 10.4 Å². The van der Waals surface area contributed by atoms with Gasteiger partial charge in [-0.2, -0.15) is 0 Å². The molecule has 0 aliphatic heterocycles. The lowest BCUT2D eigenvalue weighted by molar-refractivity contribution is -0.128. The van der Waals surface area contributed by atoms with E-state index in [1.54, 1.807) is 0 Å². The largest absolute Gasteiger partial charge is 0.396 e. The number of carbonyl (C=O) groups is 1. The molecule has 1 aromatic carbocycles. The third-order valence-corrected chi connectivity index (χ3v) is 4.41. The first-order valence-electron chi connectivity index (χ1n) is 7.34. The highest BCUT2D eigenvalue weighted by Gasteiger charge is 2.40. The Morgan fingerprint density at radius 2 is 1.85 bits per heavy atom. The molecule has 0 saturated heterocycles. The van der Waals surface area contributed by atoms with Crippen LogP contribution in [0.3, 0.4) is 0 Å². The molecule has 0 aromatic heterocycles. The van der Waals surface area contributed by atoms with Crippen molar-refractivity contribution in [2.45, 2.75) is 43.9 Å². The molecule has 2 N–H and O–H groups in total. The minimum absolute atomic E-state index is 0.0907. The molecule has 1 aliphatic rings. The Morgan fingerprint density at radius 3 is 2.45 bits per heavy atom. The molecule has 1 amide bonds. The molecule has 0 unspecified atom stereocenters. The van der Waals surface area contributed by atoms with Gasteiger partial charge in [0.2, 0.25) is 5.91 Å². The number of carbonyl (C=O) groups excluding carboxylic acids is 1. The maximum atomic E-state index is 12.7. The number of hydrogen-bond acceptors (Lipinski definition) is 2. The third kappa shape index (κ3) is 3.33. The average Bonchev–Trinajstić information content (AvgIpc) is 2.49. The Kier molecular flexibility index (Phi) is 5.44. The van der Waals surface area contributed by atoms with Crippen LogP contribution in [0.25, 0.3) is 0 Å². The summed E-state index contributed by atoms with van der Waals surface area (Å²) in [5, 5.41) is 12.5. The molecular weight excluding hydrogens is 274 g/mol. The zero-order valence-corrected chi connectivity index (χ0v) is 12.5. The first-order chi connectivity index (χ1) is 9.69. The molecule has 0 bridgehead atoms. The van der Waals surface area contributed by atoms with Crippen LogP contribution in [0.15, 0.2) is 24.3 Å². The summed E-state index contributed by atoms with van der Waals surface area (Å²) in [7, 11) is 0. The molecule has 1 saturated carbocycles. The van der Waals surface area contributed by atoms with Crippen molar-refractivity contribution < 1.29 is 9.90 Å².